The average Bonchev–Trinajstić information content (AvgIpc) is 3.56. The second-order valence-electron chi connectivity index (χ2n) is 9.53. The summed E-state index contributed by atoms with van der Waals surface area (Å²) < 4.78 is 6.87. The molecular weight excluding hydrogens is 424 g/mol. The van der Waals surface area contributed by atoms with Crippen molar-refractivity contribution < 1.29 is 19.4 Å². The van der Waals surface area contributed by atoms with Crippen LogP contribution in [0.15, 0.2) is 29.5 Å². The number of benzene rings is 1. The first-order chi connectivity index (χ1) is 15.9. The number of aromatic nitrogens is 4. The molecule has 1 aromatic heterocycles. The smallest absolute Gasteiger partial charge is 0.336 e. The van der Waals surface area contributed by atoms with E-state index in [1.807, 2.05) is 18.2 Å². The number of aliphatic hydroxyl groups excluding tert-OH is 1. The Bertz CT molecular complexity index is 1180. The molecule has 1 atom stereocenters. The van der Waals surface area contributed by atoms with Crippen LogP contribution in [0.4, 0.5) is 0 Å². The van der Waals surface area contributed by atoms with Gasteiger partial charge in [0.2, 0.25) is 5.91 Å². The van der Waals surface area contributed by atoms with Crippen molar-refractivity contribution in [3.05, 3.63) is 40.6 Å². The molecule has 2 aromatic rings. The Balaban J connectivity index is 1.09. The van der Waals surface area contributed by atoms with E-state index in [0.29, 0.717) is 25.2 Å². The molecule has 6 rings (SSSR count). The highest BCUT2D eigenvalue weighted by atomic mass is 16.5. The fourth-order valence-electron chi connectivity index (χ4n) is 5.64. The number of likely N-dealkylation sites (tertiary alicyclic amines) is 2. The van der Waals surface area contributed by atoms with E-state index in [-0.39, 0.29) is 23.9 Å². The van der Waals surface area contributed by atoms with Crippen LogP contribution in [0.5, 0.6) is 0 Å². The van der Waals surface area contributed by atoms with Crippen molar-refractivity contribution in [1.29, 1.82) is 0 Å². The minimum Gasteiger partial charge on any atom is -0.456 e. The summed E-state index contributed by atoms with van der Waals surface area (Å²) in [5.41, 5.74) is 3.89. The summed E-state index contributed by atoms with van der Waals surface area (Å²) in [5.74, 6) is 0.559. The monoisotopic (exact) mass is 450 g/mol. The number of amides is 1. The van der Waals surface area contributed by atoms with E-state index in [9.17, 15) is 14.7 Å². The number of cyclic esters (lactones) is 1. The summed E-state index contributed by atoms with van der Waals surface area (Å²) in [5, 5.41) is 22.6. The van der Waals surface area contributed by atoms with Gasteiger partial charge < -0.3 is 19.6 Å². The lowest BCUT2D eigenvalue weighted by molar-refractivity contribution is -0.138. The Hall–Kier alpha value is -3.11. The van der Waals surface area contributed by atoms with Gasteiger partial charge in [-0.05, 0) is 60.8 Å². The van der Waals surface area contributed by atoms with Crippen molar-refractivity contribution in [1.82, 2.24) is 30.0 Å². The lowest BCUT2D eigenvalue weighted by Gasteiger charge is -2.38. The molecule has 33 heavy (non-hydrogen) atoms. The number of nitrogens with zero attached hydrogens (tertiary/aromatic N) is 6. The summed E-state index contributed by atoms with van der Waals surface area (Å²) in [4.78, 5) is 29.0. The number of carbonyl (C=O) groups excluding carboxylic acids is 2. The number of ether oxygens (including phenoxy) is 1. The Morgan fingerprint density at radius 2 is 1.97 bits per heavy atom. The minimum atomic E-state index is -0.603. The Kier molecular flexibility index (Phi) is 4.63. The van der Waals surface area contributed by atoms with Crippen molar-refractivity contribution in [3.63, 3.8) is 0 Å². The Morgan fingerprint density at radius 1 is 1.18 bits per heavy atom. The fraction of sp³-hybridized carbons (Fsp3) is 0.522. The third kappa shape index (κ3) is 3.19. The van der Waals surface area contributed by atoms with Gasteiger partial charge in [-0.3, -0.25) is 4.79 Å². The fourth-order valence-corrected chi connectivity index (χ4v) is 5.64. The molecule has 4 aliphatic heterocycles. The first kappa shape index (κ1) is 20.5. The molecule has 1 amide bonds. The van der Waals surface area contributed by atoms with Crippen molar-refractivity contribution in [2.45, 2.75) is 38.8 Å². The highest BCUT2D eigenvalue weighted by Gasteiger charge is 2.50. The molecule has 0 bridgehead atoms. The van der Waals surface area contributed by atoms with E-state index >= 15 is 0 Å². The quantitative estimate of drug-likeness (QED) is 0.583. The first-order valence-corrected chi connectivity index (χ1v) is 11.4. The van der Waals surface area contributed by atoms with E-state index in [1.165, 1.54) is 0 Å². The third-order valence-corrected chi connectivity index (χ3v) is 7.77. The van der Waals surface area contributed by atoms with Gasteiger partial charge in [0.25, 0.3) is 0 Å². The summed E-state index contributed by atoms with van der Waals surface area (Å²) >= 11 is 0. The molecule has 0 aliphatic carbocycles. The Labute approximate surface area is 190 Å². The highest BCUT2D eigenvalue weighted by Crippen LogP contribution is 2.44. The number of carbonyl (C=O) groups is 2. The largest absolute Gasteiger partial charge is 0.456 e. The van der Waals surface area contributed by atoms with Crippen molar-refractivity contribution in [2.75, 3.05) is 32.8 Å². The average molecular weight is 450 g/mol. The molecule has 10 heteroatoms. The third-order valence-electron chi connectivity index (χ3n) is 7.77. The van der Waals surface area contributed by atoms with Crippen LogP contribution in [-0.2, 0) is 20.9 Å². The van der Waals surface area contributed by atoms with Crippen molar-refractivity contribution in [3.8, 4) is 11.4 Å². The lowest BCUT2D eigenvalue weighted by Crippen LogP contribution is -2.45. The number of esters is 1. The number of piperidine rings is 1. The molecule has 0 saturated carbocycles. The topological polar surface area (TPSA) is 114 Å². The molecule has 4 aliphatic rings. The van der Waals surface area contributed by atoms with Gasteiger partial charge in [0.15, 0.2) is 5.82 Å². The minimum absolute atomic E-state index is 0.120. The summed E-state index contributed by atoms with van der Waals surface area (Å²) in [6, 6.07) is 5.95. The zero-order valence-corrected chi connectivity index (χ0v) is 18.5. The highest BCUT2D eigenvalue weighted by molar-refractivity contribution is 5.94. The van der Waals surface area contributed by atoms with E-state index < -0.39 is 6.10 Å². The molecule has 10 nitrogen and oxygen atoms in total. The van der Waals surface area contributed by atoms with E-state index in [4.69, 9.17) is 4.74 Å². The van der Waals surface area contributed by atoms with Crippen LogP contribution in [-0.4, -0.2) is 79.8 Å². The van der Waals surface area contributed by atoms with Crippen molar-refractivity contribution in [2.24, 2.45) is 5.41 Å². The SMILES string of the molecule is CC1=C(N2CCC3(CCN(C[C@@H](O)c4ccc5c(c4)Cn4nnnc4-5)CC3)C2=O)COC1=O. The van der Waals surface area contributed by atoms with Gasteiger partial charge in [0, 0.05) is 18.7 Å². The molecule has 172 valence electrons. The van der Waals surface area contributed by atoms with Crippen LogP contribution < -0.4 is 0 Å². The van der Waals surface area contributed by atoms with Crippen molar-refractivity contribution >= 4 is 11.9 Å². The summed E-state index contributed by atoms with van der Waals surface area (Å²) in [6.45, 7) is 5.24. The molecule has 5 heterocycles. The second-order valence-corrected chi connectivity index (χ2v) is 9.53. The zero-order valence-electron chi connectivity index (χ0n) is 18.5. The number of β-amino-alcohol motifs (C(OH)–C–C–N with tert-alkyl or cyclic N) is 1. The van der Waals surface area contributed by atoms with Crippen LogP contribution in [0, 0.1) is 5.41 Å². The molecular formula is C23H26N6O4. The van der Waals surface area contributed by atoms with Gasteiger partial charge in [-0.1, -0.05) is 18.2 Å². The number of aliphatic hydroxyl groups is 1. The van der Waals surface area contributed by atoms with Gasteiger partial charge in [0.1, 0.15) is 6.61 Å². The summed E-state index contributed by atoms with van der Waals surface area (Å²) in [6.07, 6.45) is 1.73. The van der Waals surface area contributed by atoms with E-state index in [1.54, 1.807) is 16.5 Å². The maximum atomic E-state index is 13.3. The molecule has 2 saturated heterocycles. The van der Waals surface area contributed by atoms with E-state index in [2.05, 4.69) is 20.4 Å². The Morgan fingerprint density at radius 3 is 2.73 bits per heavy atom. The van der Waals surface area contributed by atoms with E-state index in [0.717, 1.165) is 60.6 Å². The van der Waals surface area contributed by atoms with Crippen LogP contribution in [0.2, 0.25) is 0 Å². The second kappa shape index (κ2) is 7.46. The number of fused-ring (bicyclic) bond motifs is 3. The van der Waals surface area contributed by atoms with Gasteiger partial charge in [-0.2, -0.15) is 0 Å². The van der Waals surface area contributed by atoms with Crippen LogP contribution in [0.25, 0.3) is 11.4 Å². The maximum Gasteiger partial charge on any atom is 0.336 e. The maximum absolute atomic E-state index is 13.3. The number of hydrogen-bond donors (Lipinski definition) is 1. The predicted octanol–water partition coefficient (Wildman–Crippen LogP) is 0.880. The number of hydrogen-bond acceptors (Lipinski definition) is 8. The van der Waals surface area contributed by atoms with Gasteiger partial charge in [-0.25, -0.2) is 9.48 Å². The van der Waals surface area contributed by atoms with Gasteiger partial charge in [-0.15, -0.1) is 5.10 Å². The first-order valence-electron chi connectivity index (χ1n) is 11.4. The number of rotatable bonds is 4. The molecule has 0 unspecified atom stereocenters. The van der Waals surface area contributed by atoms with Gasteiger partial charge in [0.05, 0.1) is 29.3 Å². The molecule has 1 spiro atoms. The normalized spacial score (nSPS) is 22.8. The predicted molar refractivity (Wildman–Crippen MR) is 115 cm³/mol. The van der Waals surface area contributed by atoms with Crippen LogP contribution in [0.3, 0.4) is 0 Å². The lowest BCUT2D eigenvalue weighted by atomic mass is 9.77. The van der Waals surface area contributed by atoms with Crippen LogP contribution in [0.1, 0.15) is 43.4 Å². The van der Waals surface area contributed by atoms with Gasteiger partial charge >= 0.3 is 5.97 Å². The molecule has 0 radical (unpaired) electrons. The summed E-state index contributed by atoms with van der Waals surface area (Å²) in [7, 11) is 0. The molecule has 2 fully saturated rings. The molecule has 1 N–H and O–H groups in total. The number of tetrazole rings is 1. The zero-order chi connectivity index (χ0) is 22.7. The van der Waals surface area contributed by atoms with Crippen LogP contribution >= 0.6 is 0 Å². The molecule has 1 aromatic carbocycles. The standard InChI is InChI=1S/C23H26N6O4/c1-14-18(13-33-21(14)31)28-9-6-23(22(28)32)4-7-27(8-5-23)12-19(30)15-2-3-17-16(10-15)11-29-20(17)24-25-26-29/h2-3,10,19,30H,4-9,11-13H2,1H3/t19-/m1/s1.